The number of rotatable bonds is 5. The van der Waals surface area contributed by atoms with Crippen LogP contribution >= 0.6 is 12.4 Å². The number of hydrogen-bond acceptors (Lipinski definition) is 7. The van der Waals surface area contributed by atoms with Crippen LogP contribution in [0.2, 0.25) is 0 Å². The van der Waals surface area contributed by atoms with Crippen molar-refractivity contribution < 1.29 is 13.9 Å². The van der Waals surface area contributed by atoms with Crippen LogP contribution in [0.25, 0.3) is 11.3 Å². The average molecular weight is 431 g/mol. The Kier molecular flexibility index (Phi) is 6.76. The van der Waals surface area contributed by atoms with Gasteiger partial charge in [0.05, 0.1) is 11.9 Å². The van der Waals surface area contributed by atoms with E-state index in [0.717, 1.165) is 19.0 Å². The summed E-state index contributed by atoms with van der Waals surface area (Å²) in [6.07, 6.45) is 3.56. The summed E-state index contributed by atoms with van der Waals surface area (Å²) in [5.41, 5.74) is 6.57. The smallest absolute Gasteiger partial charge is 0.276 e. The maximum atomic E-state index is 14.4. The molecule has 4 N–H and O–H groups in total. The van der Waals surface area contributed by atoms with Gasteiger partial charge in [-0.25, -0.2) is 14.4 Å². The minimum atomic E-state index is -0.608. The van der Waals surface area contributed by atoms with Crippen LogP contribution in [0, 0.1) is 5.82 Å². The van der Waals surface area contributed by atoms with Gasteiger partial charge in [0.15, 0.2) is 11.5 Å². The normalized spacial score (nSPS) is 15.3. The van der Waals surface area contributed by atoms with Gasteiger partial charge in [0.25, 0.3) is 5.91 Å². The quantitative estimate of drug-likeness (QED) is 0.570. The van der Waals surface area contributed by atoms with Crippen molar-refractivity contribution in [3.05, 3.63) is 60.4 Å². The molecule has 0 radical (unpaired) electrons. The van der Waals surface area contributed by atoms with E-state index in [-0.39, 0.29) is 47.2 Å². The summed E-state index contributed by atoms with van der Waals surface area (Å²) in [7, 11) is 0. The van der Waals surface area contributed by atoms with Gasteiger partial charge < -0.3 is 21.1 Å². The SMILES string of the molecule is Cl.Nc1cc(F)c(-c2ccccc2)nc1C(=O)Nc1cncnc1OC1CCNC1. The van der Waals surface area contributed by atoms with Gasteiger partial charge in [0.1, 0.15) is 23.8 Å². The maximum absolute atomic E-state index is 14.4. The Labute approximate surface area is 178 Å². The lowest BCUT2D eigenvalue weighted by Gasteiger charge is -2.15. The largest absolute Gasteiger partial charge is 0.471 e. The highest BCUT2D eigenvalue weighted by Crippen LogP contribution is 2.26. The van der Waals surface area contributed by atoms with Crippen molar-refractivity contribution in [1.82, 2.24) is 20.3 Å². The molecule has 2 aromatic heterocycles. The van der Waals surface area contributed by atoms with E-state index in [9.17, 15) is 9.18 Å². The number of amides is 1. The third-order valence-corrected chi connectivity index (χ3v) is 4.49. The molecule has 30 heavy (non-hydrogen) atoms. The molecule has 1 amide bonds. The topological polar surface area (TPSA) is 115 Å². The van der Waals surface area contributed by atoms with E-state index < -0.39 is 11.7 Å². The number of ether oxygens (including phenoxy) is 1. The van der Waals surface area contributed by atoms with E-state index >= 15 is 0 Å². The van der Waals surface area contributed by atoms with Crippen LogP contribution in [0.5, 0.6) is 5.88 Å². The second-order valence-corrected chi connectivity index (χ2v) is 6.55. The van der Waals surface area contributed by atoms with E-state index in [1.807, 2.05) is 6.07 Å². The highest BCUT2D eigenvalue weighted by atomic mass is 35.5. The first kappa shape index (κ1) is 21.4. The zero-order valence-corrected chi connectivity index (χ0v) is 16.7. The first-order valence-electron chi connectivity index (χ1n) is 9.12. The average Bonchev–Trinajstić information content (AvgIpc) is 3.23. The molecule has 10 heteroatoms. The molecular weight excluding hydrogens is 411 g/mol. The van der Waals surface area contributed by atoms with Crippen molar-refractivity contribution in [2.75, 3.05) is 24.1 Å². The number of halogens is 2. The molecule has 1 aromatic carbocycles. The third kappa shape index (κ3) is 4.64. The number of carbonyl (C=O) groups is 1. The Morgan fingerprint density at radius 2 is 2.10 bits per heavy atom. The lowest BCUT2D eigenvalue weighted by atomic mass is 10.1. The van der Waals surface area contributed by atoms with Crippen LogP contribution in [-0.2, 0) is 0 Å². The number of nitrogen functional groups attached to an aromatic ring is 1. The molecule has 1 atom stereocenters. The number of aromatic nitrogens is 3. The van der Waals surface area contributed by atoms with Gasteiger partial charge in [0.2, 0.25) is 5.88 Å². The summed E-state index contributed by atoms with van der Waals surface area (Å²) < 4.78 is 20.2. The van der Waals surface area contributed by atoms with Gasteiger partial charge in [-0.15, -0.1) is 12.4 Å². The second kappa shape index (κ2) is 9.47. The Morgan fingerprint density at radius 1 is 1.30 bits per heavy atom. The van der Waals surface area contributed by atoms with Crippen molar-refractivity contribution in [2.24, 2.45) is 0 Å². The first-order chi connectivity index (χ1) is 14.1. The summed E-state index contributed by atoms with van der Waals surface area (Å²) in [4.78, 5) is 25.0. The molecule has 1 fully saturated rings. The van der Waals surface area contributed by atoms with Gasteiger partial charge in [-0.2, -0.15) is 4.98 Å². The van der Waals surface area contributed by atoms with Crippen molar-refractivity contribution in [2.45, 2.75) is 12.5 Å². The van der Waals surface area contributed by atoms with E-state index in [1.54, 1.807) is 24.3 Å². The lowest BCUT2D eigenvalue weighted by Crippen LogP contribution is -2.22. The van der Waals surface area contributed by atoms with Crippen LogP contribution in [0.1, 0.15) is 16.9 Å². The maximum Gasteiger partial charge on any atom is 0.276 e. The van der Waals surface area contributed by atoms with Crippen LogP contribution in [-0.4, -0.2) is 40.1 Å². The van der Waals surface area contributed by atoms with Crippen LogP contribution < -0.4 is 21.1 Å². The first-order valence-corrected chi connectivity index (χ1v) is 9.12. The number of nitrogens with zero attached hydrogens (tertiary/aromatic N) is 3. The molecule has 0 spiro atoms. The van der Waals surface area contributed by atoms with Crippen LogP contribution in [0.15, 0.2) is 48.9 Å². The minimum Gasteiger partial charge on any atom is -0.471 e. The molecule has 1 aliphatic rings. The van der Waals surface area contributed by atoms with Crippen LogP contribution in [0.3, 0.4) is 0 Å². The predicted octanol–water partition coefficient (Wildman–Crippen LogP) is 2.67. The van der Waals surface area contributed by atoms with Crippen LogP contribution in [0.4, 0.5) is 15.8 Å². The molecule has 1 aliphatic heterocycles. The number of pyridine rings is 1. The number of benzene rings is 1. The van der Waals surface area contributed by atoms with E-state index in [1.165, 1.54) is 12.5 Å². The molecule has 1 unspecified atom stereocenters. The van der Waals surface area contributed by atoms with Crippen molar-refractivity contribution in [1.29, 1.82) is 0 Å². The Hall–Kier alpha value is -3.30. The van der Waals surface area contributed by atoms with Gasteiger partial charge in [0, 0.05) is 18.2 Å². The van der Waals surface area contributed by atoms with E-state index in [2.05, 4.69) is 25.6 Å². The lowest BCUT2D eigenvalue weighted by molar-refractivity contribution is 0.102. The monoisotopic (exact) mass is 430 g/mol. The molecule has 0 saturated carbocycles. The molecule has 0 bridgehead atoms. The number of carbonyl (C=O) groups excluding carboxylic acids is 1. The summed E-state index contributed by atoms with van der Waals surface area (Å²) in [5, 5.41) is 5.86. The Balaban J connectivity index is 0.00000256. The van der Waals surface area contributed by atoms with Gasteiger partial charge >= 0.3 is 0 Å². The fourth-order valence-electron chi connectivity index (χ4n) is 3.05. The third-order valence-electron chi connectivity index (χ3n) is 4.49. The van der Waals surface area contributed by atoms with Crippen molar-refractivity contribution >= 4 is 29.7 Å². The van der Waals surface area contributed by atoms with Gasteiger partial charge in [-0.3, -0.25) is 4.79 Å². The molecule has 8 nitrogen and oxygen atoms in total. The Morgan fingerprint density at radius 3 is 2.83 bits per heavy atom. The van der Waals surface area contributed by atoms with Gasteiger partial charge in [-0.1, -0.05) is 30.3 Å². The molecule has 1 saturated heterocycles. The van der Waals surface area contributed by atoms with Crippen molar-refractivity contribution in [3.8, 4) is 17.1 Å². The highest BCUT2D eigenvalue weighted by molar-refractivity contribution is 6.07. The molecule has 3 aromatic rings. The number of nitrogens with two attached hydrogens (primary N) is 1. The van der Waals surface area contributed by atoms with Gasteiger partial charge in [-0.05, 0) is 13.0 Å². The Bertz CT molecular complexity index is 1030. The summed E-state index contributed by atoms with van der Waals surface area (Å²) >= 11 is 0. The zero-order valence-electron chi connectivity index (χ0n) is 15.8. The fraction of sp³-hybridized carbons (Fsp3) is 0.200. The predicted molar refractivity (Wildman–Crippen MR) is 113 cm³/mol. The molecule has 0 aliphatic carbocycles. The number of hydrogen-bond donors (Lipinski definition) is 3. The number of nitrogens with one attached hydrogen (secondary N) is 2. The standard InChI is InChI=1S/C20H19FN6O2.ClH/c21-14-8-15(22)18(27-17(14)12-4-2-1-3-5-12)19(28)26-16-10-24-11-25-20(16)29-13-6-7-23-9-13;/h1-5,8,10-11,13,23H,6-7,9,22H2,(H,26,28);1H. The van der Waals surface area contributed by atoms with Crippen molar-refractivity contribution in [3.63, 3.8) is 0 Å². The van der Waals surface area contributed by atoms with E-state index in [4.69, 9.17) is 10.5 Å². The fourth-order valence-corrected chi connectivity index (χ4v) is 3.05. The summed E-state index contributed by atoms with van der Waals surface area (Å²) in [6, 6.07) is 9.83. The molecular formula is C20H20ClFN6O2. The number of anilines is 2. The second-order valence-electron chi connectivity index (χ2n) is 6.55. The highest BCUT2D eigenvalue weighted by Gasteiger charge is 2.22. The zero-order chi connectivity index (χ0) is 20.2. The summed E-state index contributed by atoms with van der Waals surface area (Å²) in [5.74, 6) is -0.957. The van der Waals surface area contributed by atoms with E-state index in [0.29, 0.717) is 12.1 Å². The minimum absolute atomic E-state index is 0. The molecule has 3 heterocycles. The molecule has 4 rings (SSSR count). The summed E-state index contributed by atoms with van der Waals surface area (Å²) in [6.45, 7) is 1.56. The molecule has 156 valence electrons.